The molecule has 0 spiro atoms. The number of rotatable bonds is 5. The van der Waals surface area contributed by atoms with Gasteiger partial charge in [0.05, 0.1) is 12.7 Å². The fourth-order valence-electron chi connectivity index (χ4n) is 1.94. The third kappa shape index (κ3) is 4.89. The van der Waals surface area contributed by atoms with Crippen molar-refractivity contribution in [1.82, 2.24) is 10.9 Å². The Hall–Kier alpha value is -2.73. The molecule has 0 fully saturated rings. The summed E-state index contributed by atoms with van der Waals surface area (Å²) in [6, 6.07) is 11.9. The molecule has 6 nitrogen and oxygen atoms in total. The van der Waals surface area contributed by atoms with Gasteiger partial charge in [-0.3, -0.25) is 20.4 Å². The number of nitrogens with one attached hydrogen (secondary N) is 2. The van der Waals surface area contributed by atoms with Crippen LogP contribution in [0.5, 0.6) is 11.5 Å². The highest BCUT2D eigenvalue weighted by molar-refractivity contribution is 6.31. The highest BCUT2D eigenvalue weighted by Gasteiger charge is 2.14. The SMILES string of the molecule is COc1ccc(Cl)cc1C(=O)NNC(=O)COc1cccc(C)c1. The average molecular weight is 349 g/mol. The van der Waals surface area contributed by atoms with Gasteiger partial charge in [-0.05, 0) is 42.8 Å². The second-order valence-electron chi connectivity index (χ2n) is 4.95. The van der Waals surface area contributed by atoms with Gasteiger partial charge in [0.15, 0.2) is 6.61 Å². The van der Waals surface area contributed by atoms with Crippen LogP contribution in [0.25, 0.3) is 0 Å². The Bertz CT molecular complexity index is 749. The van der Waals surface area contributed by atoms with Crippen molar-refractivity contribution in [3.8, 4) is 11.5 Å². The fourth-order valence-corrected chi connectivity index (χ4v) is 2.11. The van der Waals surface area contributed by atoms with E-state index in [1.807, 2.05) is 25.1 Å². The Morgan fingerprint density at radius 3 is 2.62 bits per heavy atom. The molecule has 0 bridgehead atoms. The van der Waals surface area contributed by atoms with Crippen LogP contribution in [0.2, 0.25) is 5.02 Å². The van der Waals surface area contributed by atoms with E-state index >= 15 is 0 Å². The van der Waals surface area contributed by atoms with Gasteiger partial charge in [0.25, 0.3) is 11.8 Å². The molecule has 0 aliphatic heterocycles. The summed E-state index contributed by atoms with van der Waals surface area (Å²) in [7, 11) is 1.44. The van der Waals surface area contributed by atoms with E-state index in [4.69, 9.17) is 21.1 Å². The minimum Gasteiger partial charge on any atom is -0.496 e. The summed E-state index contributed by atoms with van der Waals surface area (Å²) in [5.74, 6) is -0.112. The van der Waals surface area contributed by atoms with Crippen molar-refractivity contribution < 1.29 is 19.1 Å². The van der Waals surface area contributed by atoms with Crippen molar-refractivity contribution in [2.45, 2.75) is 6.92 Å². The van der Waals surface area contributed by atoms with E-state index in [-0.39, 0.29) is 12.2 Å². The summed E-state index contributed by atoms with van der Waals surface area (Å²) < 4.78 is 10.4. The monoisotopic (exact) mass is 348 g/mol. The minimum atomic E-state index is -0.543. The summed E-state index contributed by atoms with van der Waals surface area (Å²) in [5, 5.41) is 0.384. The predicted molar refractivity (Wildman–Crippen MR) is 90.3 cm³/mol. The van der Waals surface area contributed by atoms with E-state index in [9.17, 15) is 9.59 Å². The molecule has 126 valence electrons. The first-order valence-corrected chi connectivity index (χ1v) is 7.49. The molecule has 0 aliphatic carbocycles. The van der Waals surface area contributed by atoms with Gasteiger partial charge < -0.3 is 9.47 Å². The summed E-state index contributed by atoms with van der Waals surface area (Å²) in [5.41, 5.74) is 5.80. The van der Waals surface area contributed by atoms with Gasteiger partial charge in [-0.2, -0.15) is 0 Å². The maximum absolute atomic E-state index is 12.1. The highest BCUT2D eigenvalue weighted by atomic mass is 35.5. The molecule has 0 heterocycles. The summed E-state index contributed by atoms with van der Waals surface area (Å²) in [4.78, 5) is 23.8. The minimum absolute atomic E-state index is 0.213. The van der Waals surface area contributed by atoms with Gasteiger partial charge >= 0.3 is 0 Å². The lowest BCUT2D eigenvalue weighted by atomic mass is 10.2. The molecule has 2 amide bonds. The summed E-state index contributed by atoms with van der Waals surface area (Å²) >= 11 is 5.87. The summed E-state index contributed by atoms with van der Waals surface area (Å²) in [6.07, 6.45) is 0. The highest BCUT2D eigenvalue weighted by Crippen LogP contribution is 2.22. The van der Waals surface area contributed by atoms with Gasteiger partial charge in [-0.1, -0.05) is 23.7 Å². The van der Waals surface area contributed by atoms with Crippen LogP contribution < -0.4 is 20.3 Å². The molecular weight excluding hydrogens is 332 g/mol. The van der Waals surface area contributed by atoms with Crippen molar-refractivity contribution in [3.63, 3.8) is 0 Å². The first-order valence-electron chi connectivity index (χ1n) is 7.12. The van der Waals surface area contributed by atoms with Gasteiger partial charge in [0.1, 0.15) is 11.5 Å². The molecule has 2 aromatic rings. The molecule has 2 N–H and O–H groups in total. The van der Waals surface area contributed by atoms with Crippen molar-refractivity contribution in [2.75, 3.05) is 13.7 Å². The van der Waals surface area contributed by atoms with E-state index in [1.54, 1.807) is 18.2 Å². The molecule has 0 saturated heterocycles. The quantitative estimate of drug-likeness (QED) is 0.814. The van der Waals surface area contributed by atoms with Gasteiger partial charge in [0.2, 0.25) is 0 Å². The van der Waals surface area contributed by atoms with Gasteiger partial charge in [0, 0.05) is 5.02 Å². The van der Waals surface area contributed by atoms with Crippen LogP contribution >= 0.6 is 11.6 Å². The summed E-state index contributed by atoms with van der Waals surface area (Å²) in [6.45, 7) is 1.70. The van der Waals surface area contributed by atoms with Crippen molar-refractivity contribution in [1.29, 1.82) is 0 Å². The number of hydrazine groups is 1. The van der Waals surface area contributed by atoms with Crippen LogP contribution in [0.3, 0.4) is 0 Å². The van der Waals surface area contributed by atoms with Crippen LogP contribution in [-0.4, -0.2) is 25.5 Å². The lowest BCUT2D eigenvalue weighted by Crippen LogP contribution is -2.43. The maximum atomic E-state index is 12.1. The second kappa shape index (κ2) is 8.21. The average Bonchev–Trinajstić information content (AvgIpc) is 2.58. The fraction of sp³-hybridized carbons (Fsp3) is 0.176. The molecule has 24 heavy (non-hydrogen) atoms. The number of ether oxygens (including phenoxy) is 2. The zero-order valence-corrected chi connectivity index (χ0v) is 14.0. The lowest BCUT2D eigenvalue weighted by Gasteiger charge is -2.11. The molecular formula is C17H17ClN2O4. The molecule has 7 heteroatoms. The molecule has 2 rings (SSSR count). The van der Waals surface area contributed by atoms with Crippen molar-refractivity contribution in [3.05, 3.63) is 58.6 Å². The molecule has 0 aromatic heterocycles. The Morgan fingerprint density at radius 1 is 1.12 bits per heavy atom. The first kappa shape index (κ1) is 17.6. The van der Waals surface area contributed by atoms with Gasteiger partial charge in [-0.15, -0.1) is 0 Å². The first-order chi connectivity index (χ1) is 11.5. The Morgan fingerprint density at radius 2 is 1.92 bits per heavy atom. The van der Waals surface area contributed by atoms with Crippen LogP contribution in [0.15, 0.2) is 42.5 Å². The number of amides is 2. The molecule has 2 aromatic carbocycles. The third-order valence-corrected chi connectivity index (χ3v) is 3.32. The van der Waals surface area contributed by atoms with E-state index in [0.29, 0.717) is 16.5 Å². The van der Waals surface area contributed by atoms with Crippen LogP contribution in [0, 0.1) is 6.92 Å². The Labute approximate surface area is 144 Å². The van der Waals surface area contributed by atoms with Crippen molar-refractivity contribution in [2.24, 2.45) is 0 Å². The van der Waals surface area contributed by atoms with Crippen molar-refractivity contribution >= 4 is 23.4 Å². The smallest absolute Gasteiger partial charge is 0.276 e. The number of hydrogen-bond donors (Lipinski definition) is 2. The van der Waals surface area contributed by atoms with Crippen LogP contribution in [0.1, 0.15) is 15.9 Å². The Balaban J connectivity index is 1.87. The zero-order chi connectivity index (χ0) is 17.5. The maximum Gasteiger partial charge on any atom is 0.276 e. The van der Waals surface area contributed by atoms with E-state index < -0.39 is 11.8 Å². The van der Waals surface area contributed by atoms with Gasteiger partial charge in [-0.25, -0.2) is 0 Å². The van der Waals surface area contributed by atoms with E-state index in [1.165, 1.54) is 13.2 Å². The zero-order valence-electron chi connectivity index (χ0n) is 13.3. The predicted octanol–water partition coefficient (Wildman–Crippen LogP) is 2.50. The third-order valence-electron chi connectivity index (χ3n) is 3.08. The number of carbonyl (C=O) groups excluding carboxylic acids is 2. The Kier molecular flexibility index (Phi) is 6.03. The molecule has 0 radical (unpaired) electrons. The van der Waals surface area contributed by atoms with Crippen LogP contribution in [0.4, 0.5) is 0 Å². The molecule has 0 saturated carbocycles. The number of benzene rings is 2. The number of hydrogen-bond acceptors (Lipinski definition) is 4. The number of aryl methyl sites for hydroxylation is 1. The second-order valence-corrected chi connectivity index (χ2v) is 5.39. The van der Waals surface area contributed by atoms with E-state index in [2.05, 4.69) is 10.9 Å². The largest absolute Gasteiger partial charge is 0.496 e. The number of methoxy groups -OCH3 is 1. The van der Waals surface area contributed by atoms with E-state index in [0.717, 1.165) is 5.56 Å². The standard InChI is InChI=1S/C17H17ClN2O4/c1-11-4-3-5-13(8-11)24-10-16(21)19-20-17(22)14-9-12(18)6-7-15(14)23-2/h3-9H,10H2,1-2H3,(H,19,21)(H,20,22). The van der Waals surface area contributed by atoms with Crippen LogP contribution in [-0.2, 0) is 4.79 Å². The normalized spacial score (nSPS) is 9.96. The number of carbonyl (C=O) groups is 2. The molecule has 0 atom stereocenters. The lowest BCUT2D eigenvalue weighted by molar-refractivity contribution is -0.123. The topological polar surface area (TPSA) is 76.7 Å². The number of halogens is 1. The molecule has 0 unspecified atom stereocenters. The molecule has 0 aliphatic rings.